The Morgan fingerprint density at radius 3 is 2.60 bits per heavy atom. The van der Waals surface area contributed by atoms with E-state index in [0.29, 0.717) is 35.5 Å². The van der Waals surface area contributed by atoms with Crippen molar-refractivity contribution >= 4 is 58.8 Å². The fraction of sp³-hybridized carbons (Fsp3) is 0.643. The molecule has 2 saturated heterocycles. The minimum absolute atomic E-state index is 0.180. The normalized spacial score (nSPS) is 23.7. The maximum absolute atomic E-state index is 13.6. The summed E-state index contributed by atoms with van der Waals surface area (Å²) in [4.78, 5) is 77.9. The van der Waals surface area contributed by atoms with Gasteiger partial charge in [-0.2, -0.15) is 4.98 Å². The molecule has 2 N–H and O–H groups in total. The number of hydrogen-bond acceptors (Lipinski definition) is 10. The Balaban J connectivity index is 0.787. The molecule has 4 atom stereocenters. The summed E-state index contributed by atoms with van der Waals surface area (Å²) >= 11 is 1.90. The van der Waals surface area contributed by atoms with Gasteiger partial charge >= 0.3 is 5.69 Å². The van der Waals surface area contributed by atoms with Crippen molar-refractivity contribution < 1.29 is 19.2 Å². The van der Waals surface area contributed by atoms with Gasteiger partial charge in [0.1, 0.15) is 18.1 Å². The van der Waals surface area contributed by atoms with Gasteiger partial charge in [-0.25, -0.2) is 9.78 Å². The Hall–Kier alpha value is -4.24. The first-order valence-corrected chi connectivity index (χ1v) is 22.0. The van der Waals surface area contributed by atoms with Gasteiger partial charge in [-0.15, -0.1) is 0 Å². The van der Waals surface area contributed by atoms with E-state index in [-0.39, 0.29) is 53.8 Å². The molecule has 1 aromatic carbocycles. The number of nitrogens with zero attached hydrogens (tertiary/aromatic N) is 7. The molecule has 5 aliphatic rings. The summed E-state index contributed by atoms with van der Waals surface area (Å²) < 4.78 is 5.55. The van der Waals surface area contributed by atoms with Gasteiger partial charge in [-0.05, 0) is 88.2 Å². The maximum atomic E-state index is 13.6. The Labute approximate surface area is 338 Å². The molecule has 1 spiro atoms. The van der Waals surface area contributed by atoms with Gasteiger partial charge in [0, 0.05) is 82.2 Å². The molecule has 2 saturated carbocycles. The zero-order valence-electron chi connectivity index (χ0n) is 33.6. The van der Waals surface area contributed by atoms with E-state index in [1.165, 1.54) is 11.6 Å². The number of hydrogen-bond donors (Lipinski definition) is 2. The predicted molar refractivity (Wildman–Crippen MR) is 221 cm³/mol. The molecule has 2 aliphatic carbocycles. The molecule has 5 heterocycles. The third-order valence-electron chi connectivity index (χ3n) is 13.3. The third-order valence-corrected chi connectivity index (χ3v) is 14.7. The number of benzene rings is 1. The fourth-order valence-electron chi connectivity index (χ4n) is 9.91. The molecule has 3 amide bonds. The Kier molecular flexibility index (Phi) is 11.5. The van der Waals surface area contributed by atoms with Crippen LogP contribution in [0.25, 0.3) is 11.0 Å². The first kappa shape index (κ1) is 39.6. The molecule has 15 heteroatoms. The zero-order valence-corrected chi connectivity index (χ0v) is 34.4. The first-order valence-electron chi connectivity index (χ1n) is 21.1. The van der Waals surface area contributed by atoms with Crippen molar-refractivity contribution in [2.24, 2.45) is 13.0 Å². The number of carbonyl (C=O) groups excluding carboxylic acids is 4. The van der Waals surface area contributed by atoms with Gasteiger partial charge in [-0.1, -0.05) is 37.4 Å². The monoisotopic (exact) mass is 799 g/mol. The maximum Gasteiger partial charge on any atom is 0.329 e. The van der Waals surface area contributed by atoms with Gasteiger partial charge in [0.05, 0.1) is 16.4 Å². The van der Waals surface area contributed by atoms with Crippen LogP contribution in [0.15, 0.2) is 29.2 Å². The molecule has 0 radical (unpaired) electrons. The molecule has 2 aromatic heterocycles. The second-order valence-electron chi connectivity index (χ2n) is 16.9. The summed E-state index contributed by atoms with van der Waals surface area (Å²) in [6.07, 6.45) is 14.0. The lowest BCUT2D eigenvalue weighted by Gasteiger charge is -2.33. The molecule has 306 valence electrons. The van der Waals surface area contributed by atoms with Crippen LogP contribution in [0.1, 0.15) is 108 Å². The zero-order chi connectivity index (χ0) is 39.8. The molecule has 0 bridgehead atoms. The second kappa shape index (κ2) is 16.6. The van der Waals surface area contributed by atoms with Crippen LogP contribution >= 0.6 is 11.9 Å². The number of fused-ring (bicyclic) bond motifs is 3. The number of unbranched alkanes of at least 4 members (excludes halogenated alkanes) is 1. The topological polar surface area (TPSA) is 155 Å². The van der Waals surface area contributed by atoms with E-state index in [4.69, 9.17) is 9.97 Å². The van der Waals surface area contributed by atoms with Gasteiger partial charge in [0.15, 0.2) is 0 Å². The van der Waals surface area contributed by atoms with Crippen LogP contribution in [0, 0.1) is 5.92 Å². The largest absolute Gasteiger partial charge is 0.357 e. The van der Waals surface area contributed by atoms with E-state index in [0.717, 1.165) is 119 Å². The third kappa shape index (κ3) is 7.61. The minimum Gasteiger partial charge on any atom is -0.357 e. The Morgan fingerprint density at radius 2 is 1.88 bits per heavy atom. The number of likely N-dealkylation sites (tertiary alicyclic amines) is 1. The molecular formula is C42H57N9O5S. The summed E-state index contributed by atoms with van der Waals surface area (Å²) in [5.74, 6) is 2.11. The lowest BCUT2D eigenvalue weighted by molar-refractivity contribution is -0.130. The summed E-state index contributed by atoms with van der Waals surface area (Å²) in [6, 6.07) is 5.50. The highest BCUT2D eigenvalue weighted by Crippen LogP contribution is 2.58. The van der Waals surface area contributed by atoms with Crippen molar-refractivity contribution in [3.63, 3.8) is 0 Å². The average molecular weight is 800 g/mol. The highest BCUT2D eigenvalue weighted by molar-refractivity contribution is 7.97. The van der Waals surface area contributed by atoms with Crippen molar-refractivity contribution in [3.05, 3.63) is 46.0 Å². The molecule has 14 nitrogen and oxygen atoms in total. The molecule has 57 heavy (non-hydrogen) atoms. The number of aryl methyl sites for hydroxylation is 2. The first-order chi connectivity index (χ1) is 27.6. The van der Waals surface area contributed by atoms with Crippen LogP contribution in [0.5, 0.6) is 0 Å². The molecular weight excluding hydrogens is 743 g/mol. The van der Waals surface area contributed by atoms with Gasteiger partial charge in [-0.3, -0.25) is 32.7 Å². The lowest BCUT2D eigenvalue weighted by atomic mass is 10.0. The van der Waals surface area contributed by atoms with E-state index in [9.17, 15) is 24.0 Å². The highest BCUT2D eigenvalue weighted by atomic mass is 32.2. The summed E-state index contributed by atoms with van der Waals surface area (Å²) in [6.45, 7) is 5.74. The number of likely N-dealkylation sites (N-methyl/N-ethyl adjacent to an activating group) is 1. The van der Waals surface area contributed by atoms with Crippen LogP contribution in [-0.2, 0) is 38.1 Å². The molecule has 4 unspecified atom stereocenters. The van der Waals surface area contributed by atoms with Gasteiger partial charge < -0.3 is 20.3 Å². The van der Waals surface area contributed by atoms with Crippen molar-refractivity contribution in [3.8, 4) is 0 Å². The quantitative estimate of drug-likeness (QED) is 0.128. The smallest absolute Gasteiger partial charge is 0.329 e. The fourth-order valence-corrected chi connectivity index (χ4v) is 11.2. The van der Waals surface area contributed by atoms with Crippen molar-refractivity contribution in [2.75, 3.05) is 43.4 Å². The number of aldehydes is 1. The summed E-state index contributed by atoms with van der Waals surface area (Å²) in [5.41, 5.74) is 2.85. The Morgan fingerprint density at radius 1 is 1.07 bits per heavy atom. The minimum atomic E-state index is -0.771. The number of rotatable bonds is 15. The number of amides is 3. The summed E-state index contributed by atoms with van der Waals surface area (Å²) in [5, 5.41) is 6.64. The number of piperidine rings is 1. The van der Waals surface area contributed by atoms with Crippen LogP contribution in [0.2, 0.25) is 0 Å². The highest BCUT2D eigenvalue weighted by Gasteiger charge is 2.62. The number of para-hydroxylation sites is 1. The Bertz CT molecular complexity index is 2070. The molecule has 8 rings (SSSR count). The SMILES string of the molecule is CNC(=O)C(CCC=O)n1c(=O)n(C)c2c(CCCCC(=O)N3CCC(SN4CCC(Nc5ncc6c(n5)N(C5CCCC5C)C(=O)C65CC5)CC4)C3)cccc21. The van der Waals surface area contributed by atoms with Crippen LogP contribution < -0.4 is 21.2 Å². The molecule has 3 aliphatic heterocycles. The van der Waals surface area contributed by atoms with E-state index < -0.39 is 6.04 Å². The van der Waals surface area contributed by atoms with E-state index in [2.05, 4.69) is 21.9 Å². The van der Waals surface area contributed by atoms with E-state index in [1.54, 1.807) is 11.6 Å². The van der Waals surface area contributed by atoms with Crippen LogP contribution in [0.3, 0.4) is 0 Å². The number of nitrogens with one attached hydrogen (secondary N) is 2. The standard InChI is InChI=1S/C42H57N9O5S/c1-27-9-6-12-32(27)51-37-31(42(19-20-42)39(51)55)25-44-40(46-37)45-29-16-22-49(23-17-29)57-30-18-21-48(26-30)35(53)15-5-4-10-28-11-7-13-33-36(28)47(3)41(56)50(33)34(14-8-24-52)38(54)43-2/h7,11,13,24-25,27,29-30,32,34H,4-6,8-10,12,14-23,26H2,1-3H3,(H,43,54)(H,44,45,46). The number of anilines is 2. The summed E-state index contributed by atoms with van der Waals surface area (Å²) in [7, 11) is 3.25. The van der Waals surface area contributed by atoms with Crippen LogP contribution in [-0.4, -0.2) is 103 Å². The van der Waals surface area contributed by atoms with Crippen molar-refractivity contribution in [1.82, 2.24) is 33.6 Å². The lowest BCUT2D eigenvalue weighted by Crippen LogP contribution is -2.42. The number of carbonyl (C=O) groups is 4. The van der Waals surface area contributed by atoms with Gasteiger partial charge in [0.25, 0.3) is 0 Å². The average Bonchev–Trinajstić information content (AvgIpc) is 3.43. The van der Waals surface area contributed by atoms with E-state index in [1.807, 2.05) is 46.1 Å². The van der Waals surface area contributed by atoms with Crippen molar-refractivity contribution in [2.45, 2.75) is 126 Å². The van der Waals surface area contributed by atoms with Crippen LogP contribution in [0.4, 0.5) is 11.8 Å². The number of imidazole rings is 1. The molecule has 3 aromatic rings. The van der Waals surface area contributed by atoms with E-state index >= 15 is 0 Å². The van der Waals surface area contributed by atoms with Crippen molar-refractivity contribution in [1.29, 1.82) is 0 Å². The van der Waals surface area contributed by atoms with Gasteiger partial charge in [0.2, 0.25) is 23.7 Å². The number of aromatic nitrogens is 4. The predicted octanol–water partition coefficient (Wildman–Crippen LogP) is 4.50. The molecule has 4 fully saturated rings. The second-order valence-corrected chi connectivity index (χ2v) is 18.3.